The highest BCUT2D eigenvalue weighted by atomic mass is 19.2. The van der Waals surface area contributed by atoms with E-state index >= 15 is 0 Å². The topological polar surface area (TPSA) is 130 Å². The lowest BCUT2D eigenvalue weighted by molar-refractivity contribution is -0.137. The summed E-state index contributed by atoms with van der Waals surface area (Å²) in [6, 6.07) is 0.0772. The number of piperidine rings is 1. The van der Waals surface area contributed by atoms with Crippen LogP contribution in [0.25, 0.3) is 0 Å². The van der Waals surface area contributed by atoms with Crippen molar-refractivity contribution in [2.24, 2.45) is 0 Å². The van der Waals surface area contributed by atoms with E-state index in [0.717, 1.165) is 49.9 Å². The standard InChI is InChI=1S/C29H37F2N5O6/c1-40-17-22-24(26(37)41-2)25(18-7-8-20(30)21(31)15-18)36(28(39)35-22)27(38)34-14-13-32-19-9-12-33-23(16-19)29(42-3)10-5-4-6-11-29/h4-8,10,15,19,23,25,32-33H,9,11-14,16-17H2,1-3H3,(H,34,38)(H,35,39). The molecule has 11 nitrogen and oxygen atoms in total. The van der Waals surface area contributed by atoms with Gasteiger partial charge in [-0.15, -0.1) is 0 Å². The van der Waals surface area contributed by atoms with Gasteiger partial charge in [-0.3, -0.25) is 0 Å². The number of urea groups is 2. The van der Waals surface area contributed by atoms with Crippen LogP contribution in [0.2, 0.25) is 0 Å². The van der Waals surface area contributed by atoms with Gasteiger partial charge in [0, 0.05) is 39.4 Å². The van der Waals surface area contributed by atoms with Crippen molar-refractivity contribution in [3.05, 3.63) is 71.0 Å². The number of carbonyl (C=O) groups excluding carboxylic acids is 3. The lowest BCUT2D eigenvalue weighted by atomic mass is 9.81. The number of carbonyl (C=O) groups is 3. The molecule has 0 bridgehead atoms. The van der Waals surface area contributed by atoms with E-state index in [-0.39, 0.29) is 42.1 Å². The Labute approximate surface area is 243 Å². The van der Waals surface area contributed by atoms with Gasteiger partial charge in [-0.1, -0.05) is 30.4 Å². The van der Waals surface area contributed by atoms with Crippen molar-refractivity contribution in [1.82, 2.24) is 26.2 Å². The third-order valence-electron chi connectivity index (χ3n) is 7.78. The Morgan fingerprint density at radius 1 is 1.14 bits per heavy atom. The molecular formula is C29H37F2N5O6. The molecule has 2 aliphatic heterocycles. The Morgan fingerprint density at radius 3 is 2.62 bits per heavy atom. The Kier molecular flexibility index (Phi) is 10.4. The van der Waals surface area contributed by atoms with Gasteiger partial charge in [0.2, 0.25) is 0 Å². The molecule has 1 aromatic rings. The van der Waals surface area contributed by atoms with Gasteiger partial charge in [-0.25, -0.2) is 28.1 Å². The van der Waals surface area contributed by atoms with E-state index in [1.54, 1.807) is 7.11 Å². The fourth-order valence-electron chi connectivity index (χ4n) is 5.65. The molecule has 1 aliphatic carbocycles. The maximum absolute atomic E-state index is 14.3. The number of imide groups is 1. The number of hydrogen-bond acceptors (Lipinski definition) is 8. The average molecular weight is 590 g/mol. The number of ether oxygens (including phenoxy) is 3. The van der Waals surface area contributed by atoms with Crippen LogP contribution in [-0.2, 0) is 19.0 Å². The molecule has 4 rings (SSSR count). The summed E-state index contributed by atoms with van der Waals surface area (Å²) in [4.78, 5) is 40.1. The molecule has 42 heavy (non-hydrogen) atoms. The van der Waals surface area contributed by atoms with Gasteiger partial charge in [0.1, 0.15) is 11.6 Å². The predicted octanol–water partition coefficient (Wildman–Crippen LogP) is 2.43. The van der Waals surface area contributed by atoms with E-state index in [2.05, 4.69) is 33.4 Å². The number of nitrogens with zero attached hydrogens (tertiary/aromatic N) is 1. The molecule has 0 radical (unpaired) electrons. The lowest BCUT2D eigenvalue weighted by Gasteiger charge is -2.43. The van der Waals surface area contributed by atoms with Crippen LogP contribution in [0.3, 0.4) is 0 Å². The molecule has 0 saturated carbocycles. The van der Waals surface area contributed by atoms with E-state index in [4.69, 9.17) is 14.2 Å². The van der Waals surface area contributed by atoms with Gasteiger partial charge in [0.15, 0.2) is 11.6 Å². The number of esters is 1. The Balaban J connectivity index is 1.45. The summed E-state index contributed by atoms with van der Waals surface area (Å²) in [5, 5.41) is 12.2. The normalized spacial score (nSPS) is 25.8. The number of rotatable bonds is 10. The van der Waals surface area contributed by atoms with Crippen molar-refractivity contribution in [1.29, 1.82) is 0 Å². The minimum atomic E-state index is -1.40. The maximum atomic E-state index is 14.3. The smallest absolute Gasteiger partial charge is 0.338 e. The van der Waals surface area contributed by atoms with E-state index in [0.29, 0.717) is 6.54 Å². The van der Waals surface area contributed by atoms with E-state index in [1.165, 1.54) is 13.2 Å². The highest BCUT2D eigenvalue weighted by Crippen LogP contribution is 2.35. The second-order valence-electron chi connectivity index (χ2n) is 10.3. The molecule has 1 saturated heterocycles. The summed E-state index contributed by atoms with van der Waals surface area (Å²) in [6.07, 6.45) is 10.6. The first kappa shape index (κ1) is 31.3. The highest BCUT2D eigenvalue weighted by Gasteiger charge is 2.43. The van der Waals surface area contributed by atoms with E-state index < -0.39 is 41.3 Å². The Hall–Kier alpha value is -3.65. The van der Waals surface area contributed by atoms with Crippen LogP contribution < -0.4 is 21.3 Å². The van der Waals surface area contributed by atoms with Gasteiger partial charge in [-0.2, -0.15) is 0 Å². The molecule has 3 aliphatic rings. The van der Waals surface area contributed by atoms with Crippen LogP contribution in [-0.4, -0.2) is 88.2 Å². The van der Waals surface area contributed by atoms with Crippen LogP contribution in [0.15, 0.2) is 53.8 Å². The average Bonchev–Trinajstić information content (AvgIpc) is 3.00. The number of amides is 4. The maximum Gasteiger partial charge on any atom is 0.338 e. The number of nitrogens with one attached hydrogen (secondary N) is 4. The molecular weight excluding hydrogens is 552 g/mol. The summed E-state index contributed by atoms with van der Waals surface area (Å²) in [7, 11) is 4.20. The zero-order chi connectivity index (χ0) is 30.3. The summed E-state index contributed by atoms with van der Waals surface area (Å²) < 4.78 is 43.9. The number of benzene rings is 1. The van der Waals surface area contributed by atoms with Crippen LogP contribution in [0, 0.1) is 11.6 Å². The van der Waals surface area contributed by atoms with Gasteiger partial charge in [-0.05, 0) is 43.5 Å². The molecule has 0 spiro atoms. The third-order valence-corrected chi connectivity index (χ3v) is 7.78. The summed E-state index contributed by atoms with van der Waals surface area (Å²) >= 11 is 0. The van der Waals surface area contributed by atoms with Crippen LogP contribution in [0.5, 0.6) is 0 Å². The zero-order valence-corrected chi connectivity index (χ0v) is 23.9. The van der Waals surface area contributed by atoms with Crippen molar-refractivity contribution in [2.75, 3.05) is 47.6 Å². The number of methoxy groups -OCH3 is 3. The van der Waals surface area contributed by atoms with Crippen LogP contribution in [0.1, 0.15) is 30.9 Å². The summed E-state index contributed by atoms with van der Waals surface area (Å²) in [6.45, 7) is 1.16. The zero-order valence-electron chi connectivity index (χ0n) is 23.9. The first-order chi connectivity index (χ1) is 20.2. The molecule has 2 heterocycles. The van der Waals surface area contributed by atoms with Gasteiger partial charge in [0.05, 0.1) is 25.0 Å². The van der Waals surface area contributed by atoms with E-state index in [9.17, 15) is 23.2 Å². The van der Waals surface area contributed by atoms with Gasteiger partial charge >= 0.3 is 18.0 Å². The fourth-order valence-corrected chi connectivity index (χ4v) is 5.65. The summed E-state index contributed by atoms with van der Waals surface area (Å²) in [5.74, 6) is -3.18. The second kappa shape index (κ2) is 14.0. The molecule has 0 aromatic heterocycles. The van der Waals surface area contributed by atoms with Gasteiger partial charge < -0.3 is 35.5 Å². The Morgan fingerprint density at radius 2 is 1.95 bits per heavy atom. The molecule has 1 aromatic carbocycles. The van der Waals surface area contributed by atoms with Crippen LogP contribution >= 0.6 is 0 Å². The number of halogens is 2. The first-order valence-corrected chi connectivity index (χ1v) is 13.7. The molecule has 4 unspecified atom stereocenters. The predicted molar refractivity (Wildman–Crippen MR) is 149 cm³/mol. The number of allylic oxidation sites excluding steroid dienone is 2. The minimum absolute atomic E-state index is 0.00505. The molecule has 228 valence electrons. The van der Waals surface area contributed by atoms with Crippen molar-refractivity contribution < 1.29 is 37.4 Å². The van der Waals surface area contributed by atoms with Crippen LogP contribution in [0.4, 0.5) is 18.4 Å². The first-order valence-electron chi connectivity index (χ1n) is 13.7. The largest absolute Gasteiger partial charge is 0.466 e. The minimum Gasteiger partial charge on any atom is -0.466 e. The van der Waals surface area contributed by atoms with Crippen molar-refractivity contribution in [2.45, 2.75) is 43.0 Å². The SMILES string of the molecule is COCC1=C(C(=O)OC)C(c2ccc(F)c(F)c2)N(C(=O)NCCNC2CCNC(C3(OC)C=CC=CC3)C2)C(=O)N1. The summed E-state index contributed by atoms with van der Waals surface area (Å²) in [5.41, 5.74) is -0.512. The molecule has 4 N–H and O–H groups in total. The quantitative estimate of drug-likeness (QED) is 0.242. The molecule has 4 atom stereocenters. The highest BCUT2D eigenvalue weighted by molar-refractivity contribution is 6.01. The lowest BCUT2D eigenvalue weighted by Crippen LogP contribution is -2.58. The molecule has 13 heteroatoms. The van der Waals surface area contributed by atoms with Crippen molar-refractivity contribution >= 4 is 18.0 Å². The second-order valence-corrected chi connectivity index (χ2v) is 10.3. The van der Waals surface area contributed by atoms with Crippen molar-refractivity contribution in [3.8, 4) is 0 Å². The number of hydrogen-bond donors (Lipinski definition) is 4. The Bertz CT molecular complexity index is 1270. The molecule has 4 amide bonds. The monoisotopic (exact) mass is 589 g/mol. The fraction of sp³-hybridized carbons (Fsp3) is 0.483. The van der Waals surface area contributed by atoms with Gasteiger partial charge in [0.25, 0.3) is 0 Å². The molecule has 1 fully saturated rings. The van der Waals surface area contributed by atoms with E-state index in [1.807, 2.05) is 12.2 Å². The van der Waals surface area contributed by atoms with Crippen molar-refractivity contribution in [3.63, 3.8) is 0 Å². The third kappa shape index (κ3) is 6.70.